The fraction of sp³-hybridized carbons (Fsp3) is 0.312. The van der Waals surface area contributed by atoms with Crippen LogP contribution in [0.25, 0.3) is 11.3 Å². The Bertz CT molecular complexity index is 1290. The number of thiazole rings is 1. The predicted octanol–water partition coefficient (Wildman–Crippen LogP) is 8.41. The number of nitrogens with zero attached hydrogens (tertiary/aromatic N) is 2. The van der Waals surface area contributed by atoms with Crippen LogP contribution in [0.15, 0.2) is 78.2 Å². The van der Waals surface area contributed by atoms with Gasteiger partial charge in [-0.15, -0.1) is 11.3 Å². The van der Waals surface area contributed by atoms with E-state index in [9.17, 15) is 4.79 Å². The van der Waals surface area contributed by atoms with E-state index in [1.165, 1.54) is 54.6 Å². The van der Waals surface area contributed by atoms with Gasteiger partial charge in [-0.3, -0.25) is 0 Å². The fourth-order valence-electron chi connectivity index (χ4n) is 4.67. The summed E-state index contributed by atoms with van der Waals surface area (Å²) in [6.07, 6.45) is 4.96. The second kappa shape index (κ2) is 13.2. The lowest BCUT2D eigenvalue weighted by Gasteiger charge is -2.21. The van der Waals surface area contributed by atoms with Gasteiger partial charge in [-0.2, -0.15) is 0 Å². The summed E-state index contributed by atoms with van der Waals surface area (Å²) in [6.45, 7) is 5.72. The molecule has 4 rings (SSSR count). The van der Waals surface area contributed by atoms with Gasteiger partial charge >= 0.3 is 5.97 Å². The Kier molecular flexibility index (Phi) is 9.55. The van der Waals surface area contributed by atoms with Crippen LogP contribution in [0.1, 0.15) is 71.9 Å². The van der Waals surface area contributed by atoms with Crippen molar-refractivity contribution in [1.82, 2.24) is 4.98 Å². The van der Waals surface area contributed by atoms with Crippen LogP contribution in [0.4, 0.5) is 5.69 Å². The number of rotatable bonds is 13. The Morgan fingerprint density at radius 3 is 2.21 bits per heavy atom. The van der Waals surface area contributed by atoms with E-state index in [2.05, 4.69) is 74.3 Å². The van der Waals surface area contributed by atoms with Crippen molar-refractivity contribution in [3.8, 4) is 17.0 Å². The molecule has 5 nitrogen and oxygen atoms in total. The van der Waals surface area contributed by atoms with Crippen LogP contribution in [-0.4, -0.2) is 23.1 Å². The summed E-state index contributed by atoms with van der Waals surface area (Å²) in [4.78, 5) is 18.0. The lowest BCUT2D eigenvalue weighted by atomic mass is 9.90. The first-order valence-corrected chi connectivity index (χ1v) is 14.2. The van der Waals surface area contributed by atoms with E-state index in [0.717, 1.165) is 22.8 Å². The van der Waals surface area contributed by atoms with E-state index in [0.29, 0.717) is 18.3 Å². The lowest BCUT2D eigenvalue weighted by molar-refractivity contribution is 0.0697. The molecular formula is C32H36N2O3S. The van der Waals surface area contributed by atoms with Gasteiger partial charge in [0, 0.05) is 30.2 Å². The molecule has 0 saturated heterocycles. The molecular weight excluding hydrogens is 492 g/mol. The van der Waals surface area contributed by atoms with Crippen LogP contribution in [0.5, 0.6) is 5.75 Å². The van der Waals surface area contributed by atoms with Crippen LogP contribution in [0, 0.1) is 0 Å². The normalized spacial score (nSPS) is 11.1. The van der Waals surface area contributed by atoms with Crippen molar-refractivity contribution in [3.05, 3.63) is 99.9 Å². The highest BCUT2D eigenvalue weighted by Gasteiger charge is 2.11. The standard InChI is InChI=1S/C32H36N2O3S/c1-4-6-24(7-5-2)25-12-16-28(17-13-25)34(3)20-23-8-10-26(11-9-23)30-22-38-31(33-30)21-37-29-18-14-27(15-19-29)32(35)36/h8-19,22,24H,4-7,20-21H2,1-3H3,(H,35,36). The molecule has 3 aromatic carbocycles. The van der Waals surface area contributed by atoms with Crippen molar-refractivity contribution < 1.29 is 14.6 Å². The van der Waals surface area contributed by atoms with Crippen molar-refractivity contribution in [2.45, 2.75) is 58.6 Å². The van der Waals surface area contributed by atoms with Crippen molar-refractivity contribution in [3.63, 3.8) is 0 Å². The molecule has 38 heavy (non-hydrogen) atoms. The van der Waals surface area contributed by atoms with Crippen molar-refractivity contribution in [2.24, 2.45) is 0 Å². The molecule has 0 atom stereocenters. The van der Waals surface area contributed by atoms with E-state index in [4.69, 9.17) is 14.8 Å². The molecule has 0 saturated carbocycles. The lowest BCUT2D eigenvalue weighted by Crippen LogP contribution is -2.16. The number of ether oxygens (including phenoxy) is 1. The minimum absolute atomic E-state index is 0.240. The fourth-order valence-corrected chi connectivity index (χ4v) is 5.38. The highest BCUT2D eigenvalue weighted by molar-refractivity contribution is 7.09. The zero-order valence-corrected chi connectivity index (χ0v) is 23.2. The summed E-state index contributed by atoms with van der Waals surface area (Å²) in [5.41, 5.74) is 6.18. The Labute approximate surface area is 229 Å². The number of aromatic nitrogens is 1. The molecule has 0 aliphatic heterocycles. The van der Waals surface area contributed by atoms with Crippen LogP contribution in [0.2, 0.25) is 0 Å². The van der Waals surface area contributed by atoms with Gasteiger partial charge in [0.2, 0.25) is 0 Å². The number of carboxylic acids is 1. The summed E-state index contributed by atoms with van der Waals surface area (Å²) in [6, 6.07) is 24.1. The van der Waals surface area contributed by atoms with E-state index in [-0.39, 0.29) is 5.56 Å². The van der Waals surface area contributed by atoms with Gasteiger partial charge in [0.25, 0.3) is 0 Å². The summed E-state index contributed by atoms with van der Waals surface area (Å²) in [5, 5.41) is 11.9. The molecule has 0 spiro atoms. The highest BCUT2D eigenvalue weighted by Crippen LogP contribution is 2.29. The van der Waals surface area contributed by atoms with Gasteiger partial charge in [-0.1, -0.05) is 63.1 Å². The van der Waals surface area contributed by atoms with Crippen LogP contribution >= 0.6 is 11.3 Å². The Hall–Kier alpha value is -3.64. The van der Waals surface area contributed by atoms with Crippen molar-refractivity contribution in [2.75, 3.05) is 11.9 Å². The van der Waals surface area contributed by atoms with Crippen molar-refractivity contribution in [1.29, 1.82) is 0 Å². The minimum Gasteiger partial charge on any atom is -0.486 e. The topological polar surface area (TPSA) is 62.7 Å². The minimum atomic E-state index is -0.948. The van der Waals surface area contributed by atoms with Gasteiger partial charge in [0.1, 0.15) is 17.4 Å². The number of carbonyl (C=O) groups is 1. The number of aromatic carboxylic acids is 1. The van der Waals surface area contributed by atoms with Crippen molar-refractivity contribution >= 4 is 23.0 Å². The van der Waals surface area contributed by atoms with Crippen LogP contribution in [0.3, 0.4) is 0 Å². The third kappa shape index (κ3) is 7.23. The smallest absolute Gasteiger partial charge is 0.335 e. The molecule has 1 aromatic heterocycles. The molecule has 0 unspecified atom stereocenters. The average molecular weight is 529 g/mol. The van der Waals surface area contributed by atoms with Gasteiger partial charge in [-0.25, -0.2) is 9.78 Å². The van der Waals surface area contributed by atoms with Crippen LogP contribution in [-0.2, 0) is 13.2 Å². The third-order valence-electron chi connectivity index (χ3n) is 6.76. The largest absolute Gasteiger partial charge is 0.486 e. The molecule has 6 heteroatoms. The molecule has 1 heterocycles. The molecule has 0 amide bonds. The van der Waals surface area contributed by atoms with Gasteiger partial charge < -0.3 is 14.7 Å². The molecule has 0 bridgehead atoms. The molecule has 0 aliphatic rings. The zero-order valence-electron chi connectivity index (χ0n) is 22.4. The average Bonchev–Trinajstić information content (AvgIpc) is 3.41. The maximum absolute atomic E-state index is 11.0. The molecule has 4 aromatic rings. The van der Waals surface area contributed by atoms with E-state index >= 15 is 0 Å². The first-order chi connectivity index (χ1) is 18.5. The molecule has 0 aliphatic carbocycles. The van der Waals surface area contributed by atoms with E-state index in [1.54, 1.807) is 23.5 Å². The third-order valence-corrected chi connectivity index (χ3v) is 7.59. The SMILES string of the molecule is CCCC(CCC)c1ccc(N(C)Cc2ccc(-c3csc(COc4ccc(C(=O)O)cc4)n3)cc2)cc1. The van der Waals surface area contributed by atoms with E-state index < -0.39 is 5.97 Å². The number of benzene rings is 3. The number of hydrogen-bond donors (Lipinski definition) is 1. The molecule has 0 radical (unpaired) electrons. The number of carboxylic acid groups (broad SMARTS) is 1. The maximum atomic E-state index is 11.0. The van der Waals surface area contributed by atoms with Crippen LogP contribution < -0.4 is 9.64 Å². The number of anilines is 1. The van der Waals surface area contributed by atoms with Gasteiger partial charge in [-0.05, 0) is 66.3 Å². The number of hydrogen-bond acceptors (Lipinski definition) is 5. The maximum Gasteiger partial charge on any atom is 0.335 e. The summed E-state index contributed by atoms with van der Waals surface area (Å²) >= 11 is 1.55. The molecule has 0 fully saturated rings. The Balaban J connectivity index is 1.32. The zero-order chi connectivity index (χ0) is 26.9. The summed E-state index contributed by atoms with van der Waals surface area (Å²) in [7, 11) is 2.14. The molecule has 198 valence electrons. The summed E-state index contributed by atoms with van der Waals surface area (Å²) < 4.78 is 5.77. The first-order valence-electron chi connectivity index (χ1n) is 13.3. The van der Waals surface area contributed by atoms with E-state index in [1.807, 2.05) is 5.38 Å². The Morgan fingerprint density at radius 1 is 0.947 bits per heavy atom. The molecule has 1 N–H and O–H groups in total. The predicted molar refractivity (Wildman–Crippen MR) is 156 cm³/mol. The monoisotopic (exact) mass is 528 g/mol. The second-order valence-corrected chi connectivity index (χ2v) is 10.6. The summed E-state index contributed by atoms with van der Waals surface area (Å²) in [5.74, 6) is 0.340. The quantitative estimate of drug-likeness (QED) is 0.189. The Morgan fingerprint density at radius 2 is 1.61 bits per heavy atom. The highest BCUT2D eigenvalue weighted by atomic mass is 32.1. The second-order valence-electron chi connectivity index (χ2n) is 9.66. The first kappa shape index (κ1) is 27.4. The van der Waals surface area contributed by atoms with Gasteiger partial charge in [0.15, 0.2) is 0 Å². The van der Waals surface area contributed by atoms with Gasteiger partial charge in [0.05, 0.1) is 11.3 Å².